The maximum absolute atomic E-state index is 11.1. The highest BCUT2D eigenvalue weighted by Gasteiger charge is 2.13. The zero-order chi connectivity index (χ0) is 11.4. The summed E-state index contributed by atoms with van der Waals surface area (Å²) >= 11 is 0. The number of ether oxygens (including phenoxy) is 1. The van der Waals surface area contributed by atoms with Crippen LogP contribution in [0.2, 0.25) is 0 Å². The number of esters is 1. The summed E-state index contributed by atoms with van der Waals surface area (Å²) in [5.74, 6) is -0.673. The summed E-state index contributed by atoms with van der Waals surface area (Å²) in [6, 6.07) is 3.57. The van der Waals surface area contributed by atoms with Crippen molar-refractivity contribution in [3.8, 4) is 5.75 Å². The Morgan fingerprint density at radius 3 is 2.67 bits per heavy atom. The number of phenolic OH excluding ortho intramolecular Hbond substituents is 1. The molecule has 0 aliphatic heterocycles. The average molecular weight is 209 g/mol. The summed E-state index contributed by atoms with van der Waals surface area (Å²) in [4.78, 5) is 21.4. The van der Waals surface area contributed by atoms with Gasteiger partial charge < -0.3 is 9.84 Å². The van der Waals surface area contributed by atoms with Crippen molar-refractivity contribution in [2.45, 2.75) is 13.0 Å². The van der Waals surface area contributed by atoms with Crippen molar-refractivity contribution < 1.29 is 14.6 Å². The van der Waals surface area contributed by atoms with Gasteiger partial charge in [0.1, 0.15) is 11.8 Å². The summed E-state index contributed by atoms with van der Waals surface area (Å²) in [6.45, 7) is 1.56. The van der Waals surface area contributed by atoms with Gasteiger partial charge in [-0.05, 0) is 19.1 Å². The second-order valence-electron chi connectivity index (χ2n) is 3.05. The van der Waals surface area contributed by atoms with Gasteiger partial charge in [0.2, 0.25) is 0 Å². The molecule has 5 heteroatoms. The molecule has 1 atom stereocenters. The zero-order valence-corrected chi connectivity index (χ0v) is 8.43. The molecule has 0 saturated carbocycles. The Morgan fingerprint density at radius 2 is 2.20 bits per heavy atom. The van der Waals surface area contributed by atoms with Crippen LogP contribution in [0.15, 0.2) is 23.4 Å². The fraction of sp³-hybridized carbons (Fsp3) is 0.300. The quantitative estimate of drug-likeness (QED) is 0.610. The van der Waals surface area contributed by atoms with Crippen molar-refractivity contribution in [3.05, 3.63) is 34.2 Å². The first kappa shape index (κ1) is 11.2. The lowest BCUT2D eigenvalue weighted by atomic mass is 10.1. The molecule has 0 aliphatic rings. The summed E-state index contributed by atoms with van der Waals surface area (Å²) in [5, 5.41) is 12.3. The van der Waals surface area contributed by atoms with Crippen LogP contribution in [0, 0.1) is 4.91 Å². The molecule has 80 valence electrons. The van der Waals surface area contributed by atoms with E-state index in [2.05, 4.69) is 9.91 Å². The molecule has 1 aromatic carbocycles. The average Bonchev–Trinajstić information content (AvgIpc) is 2.26. The van der Waals surface area contributed by atoms with Gasteiger partial charge in [-0.2, -0.15) is 4.91 Å². The number of rotatable bonds is 3. The fourth-order valence-electron chi connectivity index (χ4n) is 1.20. The Hall–Kier alpha value is -1.91. The van der Waals surface area contributed by atoms with E-state index in [1.54, 1.807) is 6.92 Å². The van der Waals surface area contributed by atoms with Gasteiger partial charge in [0, 0.05) is 5.56 Å². The molecule has 0 amide bonds. The van der Waals surface area contributed by atoms with E-state index in [0.29, 0.717) is 5.56 Å². The summed E-state index contributed by atoms with van der Waals surface area (Å²) < 4.78 is 4.48. The molecule has 1 N–H and O–H groups in total. The van der Waals surface area contributed by atoms with Crippen molar-refractivity contribution in [3.63, 3.8) is 0 Å². The van der Waals surface area contributed by atoms with Gasteiger partial charge in [0.15, 0.2) is 0 Å². The Bertz CT molecular complexity index is 389. The molecule has 1 aromatic rings. The lowest BCUT2D eigenvalue weighted by Gasteiger charge is -2.07. The molecule has 0 aromatic heterocycles. The predicted molar refractivity (Wildman–Crippen MR) is 53.7 cm³/mol. The largest absolute Gasteiger partial charge is 0.508 e. The molecule has 0 fully saturated rings. The number of nitroso groups, excluding NO2 is 1. The Kier molecular flexibility index (Phi) is 3.38. The van der Waals surface area contributed by atoms with E-state index in [-0.39, 0.29) is 11.3 Å². The monoisotopic (exact) mass is 209 g/mol. The first-order chi connectivity index (χ1) is 7.10. The van der Waals surface area contributed by atoms with Crippen LogP contribution in [-0.2, 0) is 4.74 Å². The lowest BCUT2D eigenvalue weighted by molar-refractivity contribution is 0.0600. The van der Waals surface area contributed by atoms with E-state index in [0.717, 1.165) is 0 Å². The number of carbonyl (C=O) groups excluding carboxylic acids is 1. The van der Waals surface area contributed by atoms with Crippen LogP contribution < -0.4 is 0 Å². The van der Waals surface area contributed by atoms with Crippen LogP contribution >= 0.6 is 0 Å². The van der Waals surface area contributed by atoms with E-state index in [9.17, 15) is 14.8 Å². The lowest BCUT2D eigenvalue weighted by Crippen LogP contribution is -2.01. The number of nitrogens with zero attached hydrogens (tertiary/aromatic N) is 1. The van der Waals surface area contributed by atoms with E-state index in [4.69, 9.17) is 0 Å². The second kappa shape index (κ2) is 4.54. The predicted octanol–water partition coefficient (Wildman–Crippen LogP) is 2.01. The second-order valence-corrected chi connectivity index (χ2v) is 3.05. The smallest absolute Gasteiger partial charge is 0.337 e. The van der Waals surface area contributed by atoms with Gasteiger partial charge in [-0.1, -0.05) is 11.2 Å². The van der Waals surface area contributed by atoms with E-state index < -0.39 is 12.0 Å². The fourth-order valence-corrected chi connectivity index (χ4v) is 1.20. The van der Waals surface area contributed by atoms with Crippen LogP contribution in [0.4, 0.5) is 0 Å². The number of hydrogen-bond donors (Lipinski definition) is 1. The van der Waals surface area contributed by atoms with Crippen LogP contribution in [0.5, 0.6) is 5.75 Å². The number of methoxy groups -OCH3 is 1. The standard InChI is InChI=1S/C10H11NO4/c1-6(11-14)8-4-3-7(5-9(8)12)10(13)15-2/h3-6,12H,1-2H3. The molecular formula is C10H11NO4. The molecule has 0 heterocycles. The minimum absolute atomic E-state index is 0.134. The highest BCUT2D eigenvalue weighted by Crippen LogP contribution is 2.27. The molecule has 0 radical (unpaired) electrons. The Balaban J connectivity index is 3.08. The third-order valence-corrected chi connectivity index (χ3v) is 2.06. The molecule has 0 saturated heterocycles. The van der Waals surface area contributed by atoms with Crippen LogP contribution in [-0.4, -0.2) is 18.2 Å². The normalized spacial score (nSPS) is 11.9. The van der Waals surface area contributed by atoms with E-state index >= 15 is 0 Å². The molecule has 1 unspecified atom stereocenters. The highest BCUT2D eigenvalue weighted by atomic mass is 16.5. The topological polar surface area (TPSA) is 76.0 Å². The van der Waals surface area contributed by atoms with Gasteiger partial charge >= 0.3 is 5.97 Å². The maximum Gasteiger partial charge on any atom is 0.337 e. The number of hydrogen-bond acceptors (Lipinski definition) is 5. The van der Waals surface area contributed by atoms with Gasteiger partial charge in [-0.15, -0.1) is 0 Å². The molecule has 5 nitrogen and oxygen atoms in total. The number of carbonyl (C=O) groups is 1. The Labute approximate surface area is 86.7 Å². The van der Waals surface area contributed by atoms with Gasteiger partial charge in [0.25, 0.3) is 0 Å². The number of aromatic hydroxyl groups is 1. The number of benzene rings is 1. The van der Waals surface area contributed by atoms with E-state index in [1.165, 1.54) is 25.3 Å². The first-order valence-electron chi connectivity index (χ1n) is 4.33. The minimum Gasteiger partial charge on any atom is -0.508 e. The maximum atomic E-state index is 11.1. The minimum atomic E-state index is -0.642. The third-order valence-electron chi connectivity index (χ3n) is 2.06. The van der Waals surface area contributed by atoms with Crippen LogP contribution in [0.1, 0.15) is 28.9 Å². The summed E-state index contributed by atoms with van der Waals surface area (Å²) in [5.41, 5.74) is 0.620. The molecule has 0 bridgehead atoms. The Morgan fingerprint density at radius 1 is 1.53 bits per heavy atom. The number of phenols is 1. The van der Waals surface area contributed by atoms with Crippen molar-refractivity contribution >= 4 is 5.97 Å². The van der Waals surface area contributed by atoms with Crippen molar-refractivity contribution in [1.29, 1.82) is 0 Å². The van der Waals surface area contributed by atoms with Crippen molar-refractivity contribution in [2.75, 3.05) is 7.11 Å². The molecule has 15 heavy (non-hydrogen) atoms. The SMILES string of the molecule is COC(=O)c1ccc(C(C)N=O)c(O)c1. The van der Waals surface area contributed by atoms with Crippen molar-refractivity contribution in [2.24, 2.45) is 5.18 Å². The van der Waals surface area contributed by atoms with Crippen molar-refractivity contribution in [1.82, 2.24) is 0 Å². The summed E-state index contributed by atoms with van der Waals surface area (Å²) in [6.07, 6.45) is 0. The van der Waals surface area contributed by atoms with Gasteiger partial charge in [0.05, 0.1) is 12.7 Å². The third kappa shape index (κ3) is 2.31. The first-order valence-corrected chi connectivity index (χ1v) is 4.33. The molecule has 0 spiro atoms. The molecule has 1 rings (SSSR count). The summed E-state index contributed by atoms with van der Waals surface area (Å²) in [7, 11) is 1.25. The zero-order valence-electron chi connectivity index (χ0n) is 8.43. The van der Waals surface area contributed by atoms with Crippen LogP contribution in [0.3, 0.4) is 0 Å². The highest BCUT2D eigenvalue weighted by molar-refractivity contribution is 5.89. The van der Waals surface area contributed by atoms with Gasteiger partial charge in [-0.3, -0.25) is 0 Å². The van der Waals surface area contributed by atoms with Crippen LogP contribution in [0.25, 0.3) is 0 Å². The van der Waals surface area contributed by atoms with E-state index in [1.807, 2.05) is 0 Å². The van der Waals surface area contributed by atoms with Gasteiger partial charge in [-0.25, -0.2) is 4.79 Å². The molecular weight excluding hydrogens is 198 g/mol. The molecule has 0 aliphatic carbocycles.